The third kappa shape index (κ3) is 2.82. The number of benzene rings is 2. The third-order valence-electron chi connectivity index (χ3n) is 4.41. The van der Waals surface area contributed by atoms with Gasteiger partial charge in [0.05, 0.1) is 0 Å². The molecule has 1 nitrogen and oxygen atoms in total. The number of ketones is 1. The number of rotatable bonds is 2. The molecule has 102 valence electrons. The fourth-order valence-electron chi connectivity index (χ4n) is 3.36. The van der Waals surface area contributed by atoms with E-state index in [4.69, 9.17) is 0 Å². The van der Waals surface area contributed by atoms with Crippen molar-refractivity contribution in [3.8, 4) is 0 Å². The highest BCUT2D eigenvalue weighted by molar-refractivity contribution is 5.78. The molecule has 20 heavy (non-hydrogen) atoms. The number of hydrogen-bond donors (Lipinski definition) is 0. The Labute approximate surface area is 120 Å². The van der Waals surface area contributed by atoms with Crippen LogP contribution < -0.4 is 0 Å². The van der Waals surface area contributed by atoms with E-state index in [9.17, 15) is 4.79 Å². The molecule has 0 heterocycles. The van der Waals surface area contributed by atoms with E-state index in [1.165, 1.54) is 11.1 Å². The summed E-state index contributed by atoms with van der Waals surface area (Å²) in [6.07, 6.45) is 3.40. The molecule has 0 N–H and O–H groups in total. The molecule has 0 aliphatic heterocycles. The maximum atomic E-state index is 11.8. The highest BCUT2D eigenvalue weighted by Crippen LogP contribution is 2.41. The molecule has 1 saturated carbocycles. The summed E-state index contributed by atoms with van der Waals surface area (Å²) in [5.41, 5.74) is 2.74. The Morgan fingerprint density at radius 2 is 1.05 bits per heavy atom. The van der Waals surface area contributed by atoms with Gasteiger partial charge in [0.1, 0.15) is 5.78 Å². The zero-order chi connectivity index (χ0) is 13.8. The summed E-state index contributed by atoms with van der Waals surface area (Å²) in [6.45, 7) is 0. The molecular weight excluding hydrogens is 244 g/mol. The average molecular weight is 264 g/mol. The lowest BCUT2D eigenvalue weighted by atomic mass is 9.78. The van der Waals surface area contributed by atoms with Gasteiger partial charge < -0.3 is 0 Å². The van der Waals surface area contributed by atoms with Crippen molar-refractivity contribution in [3.63, 3.8) is 0 Å². The minimum atomic E-state index is 0.421. The maximum Gasteiger partial charge on any atom is 0.132 e. The van der Waals surface area contributed by atoms with Gasteiger partial charge in [-0.2, -0.15) is 0 Å². The lowest BCUT2D eigenvalue weighted by molar-refractivity contribution is -0.118. The highest BCUT2D eigenvalue weighted by Gasteiger charge is 2.28. The summed E-state index contributed by atoms with van der Waals surface area (Å²) < 4.78 is 0. The topological polar surface area (TPSA) is 17.1 Å². The van der Waals surface area contributed by atoms with Crippen molar-refractivity contribution in [1.29, 1.82) is 0 Å². The van der Waals surface area contributed by atoms with Crippen molar-refractivity contribution in [3.05, 3.63) is 71.8 Å². The van der Waals surface area contributed by atoms with E-state index in [0.717, 1.165) is 25.7 Å². The Morgan fingerprint density at radius 3 is 1.45 bits per heavy atom. The predicted octanol–water partition coefficient (Wildman–Crippen LogP) is 4.70. The van der Waals surface area contributed by atoms with Gasteiger partial charge in [-0.15, -0.1) is 0 Å². The molecule has 1 heteroatoms. The normalized spacial score (nSPS) is 23.3. The van der Waals surface area contributed by atoms with Gasteiger partial charge >= 0.3 is 0 Å². The molecule has 0 spiro atoms. The lowest BCUT2D eigenvalue weighted by Crippen LogP contribution is -2.10. The first-order chi connectivity index (χ1) is 9.84. The van der Waals surface area contributed by atoms with Gasteiger partial charge in [0.25, 0.3) is 0 Å². The van der Waals surface area contributed by atoms with Crippen LogP contribution in [0.3, 0.4) is 0 Å². The third-order valence-corrected chi connectivity index (χ3v) is 4.41. The van der Waals surface area contributed by atoms with Gasteiger partial charge in [-0.1, -0.05) is 60.7 Å². The van der Waals surface area contributed by atoms with Crippen molar-refractivity contribution >= 4 is 5.78 Å². The Balaban J connectivity index is 1.96. The molecule has 3 rings (SSSR count). The minimum absolute atomic E-state index is 0.421. The molecule has 0 aromatic heterocycles. The summed E-state index contributed by atoms with van der Waals surface area (Å²) in [7, 11) is 0. The molecule has 1 aliphatic carbocycles. The van der Waals surface area contributed by atoms with Crippen LogP contribution in [0.5, 0.6) is 0 Å². The van der Waals surface area contributed by atoms with Crippen LogP contribution in [-0.2, 0) is 4.79 Å². The van der Waals surface area contributed by atoms with E-state index in [1.807, 2.05) is 0 Å². The molecule has 2 unspecified atom stereocenters. The van der Waals surface area contributed by atoms with Crippen molar-refractivity contribution < 1.29 is 4.79 Å². The van der Waals surface area contributed by atoms with E-state index in [2.05, 4.69) is 60.7 Å². The fourth-order valence-corrected chi connectivity index (χ4v) is 3.36. The second-order valence-electron chi connectivity index (χ2n) is 5.65. The van der Waals surface area contributed by atoms with E-state index < -0.39 is 0 Å². The van der Waals surface area contributed by atoms with E-state index in [-0.39, 0.29) is 0 Å². The molecule has 0 amide bonds. The average Bonchev–Trinajstić information content (AvgIpc) is 2.71. The molecule has 2 atom stereocenters. The minimum Gasteiger partial charge on any atom is -0.300 e. The highest BCUT2D eigenvalue weighted by atomic mass is 16.1. The van der Waals surface area contributed by atoms with E-state index in [0.29, 0.717) is 17.6 Å². The van der Waals surface area contributed by atoms with Crippen LogP contribution in [-0.4, -0.2) is 5.78 Å². The monoisotopic (exact) mass is 264 g/mol. The van der Waals surface area contributed by atoms with E-state index >= 15 is 0 Å². The quantitative estimate of drug-likeness (QED) is 0.719. The second-order valence-corrected chi connectivity index (χ2v) is 5.65. The van der Waals surface area contributed by atoms with Gasteiger partial charge in [-0.05, 0) is 35.8 Å². The Bertz CT molecular complexity index is 507. The lowest BCUT2D eigenvalue weighted by Gasteiger charge is -2.25. The SMILES string of the molecule is O=C1CCC(c2ccccc2)C(c2ccccc2)CC1. The summed E-state index contributed by atoms with van der Waals surface area (Å²) in [5, 5.41) is 0. The molecule has 2 aromatic carbocycles. The number of hydrogen-bond acceptors (Lipinski definition) is 1. The van der Waals surface area contributed by atoms with Crippen molar-refractivity contribution in [2.75, 3.05) is 0 Å². The van der Waals surface area contributed by atoms with Crippen LogP contribution in [0.1, 0.15) is 48.6 Å². The smallest absolute Gasteiger partial charge is 0.132 e. The van der Waals surface area contributed by atoms with Gasteiger partial charge in [0.2, 0.25) is 0 Å². The Kier molecular flexibility index (Phi) is 3.96. The van der Waals surface area contributed by atoms with Gasteiger partial charge in [-0.25, -0.2) is 0 Å². The number of carbonyl (C=O) groups is 1. The number of Topliss-reactive ketones (excluding diaryl/α,β-unsaturated/α-hetero) is 1. The van der Waals surface area contributed by atoms with Gasteiger partial charge in [-0.3, -0.25) is 4.79 Å². The molecule has 2 aromatic rings. The zero-order valence-electron chi connectivity index (χ0n) is 11.7. The molecule has 0 radical (unpaired) electrons. The fraction of sp³-hybridized carbons (Fsp3) is 0.316. The molecule has 1 fully saturated rings. The standard InChI is InChI=1S/C19H20O/c20-17-11-13-18(15-7-3-1-4-8-15)19(14-12-17)16-9-5-2-6-10-16/h1-10,18-19H,11-14H2. The maximum absolute atomic E-state index is 11.8. The van der Waals surface area contributed by atoms with Crippen molar-refractivity contribution in [2.45, 2.75) is 37.5 Å². The molecule has 0 bridgehead atoms. The largest absolute Gasteiger partial charge is 0.300 e. The predicted molar refractivity (Wildman–Crippen MR) is 81.8 cm³/mol. The molecule has 1 aliphatic rings. The Morgan fingerprint density at radius 1 is 0.650 bits per heavy atom. The Hall–Kier alpha value is -1.89. The van der Waals surface area contributed by atoms with Crippen LogP contribution in [0.25, 0.3) is 0 Å². The first kappa shape index (κ1) is 13.1. The summed E-state index contributed by atoms with van der Waals surface area (Å²) in [5.74, 6) is 1.35. The summed E-state index contributed by atoms with van der Waals surface area (Å²) in [4.78, 5) is 11.8. The van der Waals surface area contributed by atoms with Gasteiger partial charge in [0.15, 0.2) is 0 Å². The van der Waals surface area contributed by atoms with Crippen LogP contribution in [0, 0.1) is 0 Å². The summed E-state index contributed by atoms with van der Waals surface area (Å²) in [6, 6.07) is 21.3. The zero-order valence-corrected chi connectivity index (χ0v) is 11.7. The second kappa shape index (κ2) is 6.04. The van der Waals surface area contributed by atoms with Crippen LogP contribution in [0.2, 0.25) is 0 Å². The van der Waals surface area contributed by atoms with Crippen LogP contribution in [0.15, 0.2) is 60.7 Å². The molecular formula is C19H20O. The van der Waals surface area contributed by atoms with Crippen LogP contribution in [0.4, 0.5) is 0 Å². The summed E-state index contributed by atoms with van der Waals surface area (Å²) >= 11 is 0. The van der Waals surface area contributed by atoms with Crippen LogP contribution >= 0.6 is 0 Å². The van der Waals surface area contributed by atoms with E-state index in [1.54, 1.807) is 0 Å². The number of carbonyl (C=O) groups excluding carboxylic acids is 1. The van der Waals surface area contributed by atoms with Gasteiger partial charge in [0, 0.05) is 12.8 Å². The van der Waals surface area contributed by atoms with Crippen molar-refractivity contribution in [2.24, 2.45) is 0 Å². The first-order valence-electron chi connectivity index (χ1n) is 7.46. The first-order valence-corrected chi connectivity index (χ1v) is 7.46. The van der Waals surface area contributed by atoms with Crippen molar-refractivity contribution in [1.82, 2.24) is 0 Å². The molecule has 0 saturated heterocycles.